The van der Waals surface area contributed by atoms with Gasteiger partial charge in [0.25, 0.3) is 0 Å². The van der Waals surface area contributed by atoms with E-state index in [0.717, 1.165) is 29.2 Å². The molecule has 3 aromatic rings. The molecule has 2 aromatic heterocycles. The van der Waals surface area contributed by atoms with Crippen molar-refractivity contribution in [2.75, 3.05) is 4.90 Å². The number of anilines is 1. The van der Waals surface area contributed by atoms with E-state index in [9.17, 15) is 4.79 Å². The Labute approximate surface area is 165 Å². The average molecular weight is 402 g/mol. The zero-order valence-corrected chi connectivity index (χ0v) is 16.7. The summed E-state index contributed by atoms with van der Waals surface area (Å²) in [5.41, 5.74) is 2.21. The van der Waals surface area contributed by atoms with E-state index < -0.39 is 0 Å². The van der Waals surface area contributed by atoms with Gasteiger partial charge in [-0.1, -0.05) is 59.4 Å². The second-order valence-electron chi connectivity index (χ2n) is 6.32. The van der Waals surface area contributed by atoms with Crippen molar-refractivity contribution in [3.8, 4) is 11.4 Å². The highest BCUT2D eigenvalue weighted by atomic mass is 32.2. The van der Waals surface area contributed by atoms with Crippen LogP contribution in [0.5, 0.6) is 0 Å². The van der Waals surface area contributed by atoms with Crippen molar-refractivity contribution >= 4 is 34.1 Å². The van der Waals surface area contributed by atoms with Crippen LogP contribution < -0.4 is 4.90 Å². The lowest BCUT2D eigenvalue weighted by Gasteiger charge is -2.15. The van der Waals surface area contributed by atoms with Gasteiger partial charge in [0.15, 0.2) is 4.34 Å². The SMILES string of the molecule is CCc1ccc(-c2noc(CSc3nnc(N(C(C)=O)C4CC4)s3)n2)cc1. The third kappa shape index (κ3) is 4.19. The quantitative estimate of drug-likeness (QED) is 0.437. The Morgan fingerprint density at radius 3 is 2.74 bits per heavy atom. The number of carbonyl (C=O) groups is 1. The molecule has 0 aliphatic heterocycles. The molecule has 1 aliphatic rings. The molecule has 0 atom stereocenters. The van der Waals surface area contributed by atoms with E-state index in [1.807, 2.05) is 12.1 Å². The Hall–Kier alpha value is -2.26. The summed E-state index contributed by atoms with van der Waals surface area (Å²) in [4.78, 5) is 18.0. The van der Waals surface area contributed by atoms with E-state index >= 15 is 0 Å². The number of amides is 1. The number of nitrogens with zero attached hydrogens (tertiary/aromatic N) is 5. The van der Waals surface area contributed by atoms with E-state index in [0.29, 0.717) is 22.6 Å². The molecule has 1 fully saturated rings. The molecule has 0 bridgehead atoms. The smallest absolute Gasteiger partial charge is 0.237 e. The number of aryl methyl sites for hydroxylation is 1. The first-order chi connectivity index (χ1) is 13.1. The van der Waals surface area contributed by atoms with Gasteiger partial charge in [0, 0.05) is 18.5 Å². The van der Waals surface area contributed by atoms with Crippen LogP contribution in [0.25, 0.3) is 11.4 Å². The van der Waals surface area contributed by atoms with Gasteiger partial charge in [-0.2, -0.15) is 4.98 Å². The normalized spacial score (nSPS) is 13.7. The number of carbonyl (C=O) groups excluding carboxylic acids is 1. The van der Waals surface area contributed by atoms with Gasteiger partial charge in [-0.25, -0.2) is 0 Å². The van der Waals surface area contributed by atoms with Crippen LogP contribution >= 0.6 is 23.1 Å². The number of aromatic nitrogens is 4. The first kappa shape index (κ1) is 18.1. The van der Waals surface area contributed by atoms with Gasteiger partial charge in [0.2, 0.25) is 22.8 Å². The highest BCUT2D eigenvalue weighted by Gasteiger charge is 2.34. The van der Waals surface area contributed by atoms with Gasteiger partial charge >= 0.3 is 0 Å². The molecule has 2 heterocycles. The lowest BCUT2D eigenvalue weighted by Crippen LogP contribution is -2.30. The maximum absolute atomic E-state index is 11.8. The molecule has 4 rings (SSSR count). The predicted molar refractivity (Wildman–Crippen MR) is 105 cm³/mol. The van der Waals surface area contributed by atoms with E-state index in [1.165, 1.54) is 28.7 Å². The summed E-state index contributed by atoms with van der Waals surface area (Å²) < 4.78 is 6.13. The van der Waals surface area contributed by atoms with Crippen molar-refractivity contribution in [3.63, 3.8) is 0 Å². The molecule has 140 valence electrons. The molecule has 1 saturated carbocycles. The van der Waals surface area contributed by atoms with Gasteiger partial charge in [0.05, 0.1) is 5.75 Å². The van der Waals surface area contributed by atoms with Crippen LogP contribution in [0.1, 0.15) is 38.1 Å². The zero-order valence-electron chi connectivity index (χ0n) is 15.1. The van der Waals surface area contributed by atoms with E-state index in [4.69, 9.17) is 4.52 Å². The molecular weight excluding hydrogens is 382 g/mol. The van der Waals surface area contributed by atoms with Gasteiger partial charge < -0.3 is 4.52 Å². The fourth-order valence-electron chi connectivity index (χ4n) is 2.68. The Morgan fingerprint density at radius 1 is 1.30 bits per heavy atom. The maximum Gasteiger partial charge on any atom is 0.237 e. The number of hydrogen-bond acceptors (Lipinski definition) is 8. The molecule has 0 saturated heterocycles. The minimum atomic E-state index is 0.0147. The van der Waals surface area contributed by atoms with Crippen LogP contribution in [-0.4, -0.2) is 32.3 Å². The van der Waals surface area contributed by atoms with Crippen molar-refractivity contribution in [1.29, 1.82) is 0 Å². The number of benzene rings is 1. The molecule has 0 spiro atoms. The van der Waals surface area contributed by atoms with Crippen LogP contribution in [0.15, 0.2) is 33.1 Å². The standard InChI is InChI=1S/C18H19N5O2S2/c1-3-12-4-6-13(7-5-12)16-19-15(25-22-16)10-26-18-21-20-17(27-18)23(11(2)24)14-8-9-14/h4-7,14H,3,8-10H2,1-2H3. The number of thioether (sulfide) groups is 1. The summed E-state index contributed by atoms with van der Waals surface area (Å²) in [5.74, 6) is 1.65. The lowest BCUT2D eigenvalue weighted by molar-refractivity contribution is -0.116. The van der Waals surface area contributed by atoms with Crippen molar-refractivity contribution in [1.82, 2.24) is 20.3 Å². The van der Waals surface area contributed by atoms with Crippen LogP contribution in [0.3, 0.4) is 0 Å². The molecule has 1 amide bonds. The van der Waals surface area contributed by atoms with Crippen LogP contribution in [0, 0.1) is 0 Å². The summed E-state index contributed by atoms with van der Waals surface area (Å²) >= 11 is 2.90. The van der Waals surface area contributed by atoms with Gasteiger partial charge in [-0.05, 0) is 24.8 Å². The van der Waals surface area contributed by atoms with Crippen molar-refractivity contribution in [2.45, 2.75) is 49.2 Å². The first-order valence-electron chi connectivity index (χ1n) is 8.82. The van der Waals surface area contributed by atoms with Crippen molar-refractivity contribution in [3.05, 3.63) is 35.7 Å². The van der Waals surface area contributed by atoms with Crippen LogP contribution in [0.4, 0.5) is 5.13 Å². The topological polar surface area (TPSA) is 85.0 Å². The van der Waals surface area contributed by atoms with Crippen LogP contribution in [0.2, 0.25) is 0 Å². The Morgan fingerprint density at radius 2 is 2.07 bits per heavy atom. The molecule has 9 heteroatoms. The summed E-state index contributed by atoms with van der Waals surface area (Å²) in [6, 6.07) is 8.44. The van der Waals surface area contributed by atoms with E-state index in [1.54, 1.807) is 11.8 Å². The largest absolute Gasteiger partial charge is 0.338 e. The predicted octanol–water partition coefficient (Wildman–Crippen LogP) is 3.96. The second kappa shape index (κ2) is 7.77. The fraction of sp³-hybridized carbons (Fsp3) is 0.389. The summed E-state index contributed by atoms with van der Waals surface area (Å²) in [6.45, 7) is 3.69. The molecule has 7 nitrogen and oxygen atoms in total. The zero-order chi connectivity index (χ0) is 18.8. The minimum absolute atomic E-state index is 0.0147. The average Bonchev–Trinajstić information content (AvgIpc) is 3.19. The van der Waals surface area contributed by atoms with Gasteiger partial charge in [0.1, 0.15) is 0 Å². The molecule has 0 radical (unpaired) electrons. The first-order valence-corrected chi connectivity index (χ1v) is 10.6. The van der Waals surface area contributed by atoms with Gasteiger partial charge in [-0.3, -0.25) is 9.69 Å². The Bertz CT molecular complexity index is 933. The number of hydrogen-bond donors (Lipinski definition) is 0. The van der Waals surface area contributed by atoms with Crippen molar-refractivity contribution < 1.29 is 9.32 Å². The molecule has 0 unspecified atom stereocenters. The minimum Gasteiger partial charge on any atom is -0.338 e. The summed E-state index contributed by atoms with van der Waals surface area (Å²) in [6.07, 6.45) is 3.07. The molecule has 27 heavy (non-hydrogen) atoms. The third-order valence-electron chi connectivity index (χ3n) is 4.26. The number of rotatable bonds is 7. The van der Waals surface area contributed by atoms with Crippen molar-refractivity contribution in [2.24, 2.45) is 0 Å². The second-order valence-corrected chi connectivity index (χ2v) is 8.50. The third-order valence-corrected chi connectivity index (χ3v) is 6.30. The molecule has 0 N–H and O–H groups in total. The van der Waals surface area contributed by atoms with E-state index in [-0.39, 0.29) is 11.9 Å². The van der Waals surface area contributed by atoms with Gasteiger partial charge in [-0.15, -0.1) is 10.2 Å². The van der Waals surface area contributed by atoms with E-state index in [2.05, 4.69) is 39.4 Å². The monoisotopic (exact) mass is 401 g/mol. The highest BCUT2D eigenvalue weighted by Crippen LogP contribution is 2.36. The maximum atomic E-state index is 11.8. The Kier molecular flexibility index (Phi) is 5.22. The van der Waals surface area contributed by atoms with Crippen LogP contribution in [-0.2, 0) is 17.0 Å². The summed E-state index contributed by atoms with van der Waals surface area (Å²) in [7, 11) is 0. The Balaban J connectivity index is 1.39. The molecular formula is C18H19N5O2S2. The lowest BCUT2D eigenvalue weighted by atomic mass is 10.1. The summed E-state index contributed by atoms with van der Waals surface area (Å²) in [5, 5.41) is 13.1. The highest BCUT2D eigenvalue weighted by molar-refractivity contribution is 8.00. The molecule has 1 aromatic carbocycles. The molecule has 1 aliphatic carbocycles. The fourth-order valence-corrected chi connectivity index (χ4v) is 4.48.